The van der Waals surface area contributed by atoms with Crippen LogP contribution in [0.25, 0.3) is 10.2 Å². The molecule has 0 bridgehead atoms. The monoisotopic (exact) mass is 332 g/mol. The SMILES string of the molecule is O=C(O)Cn1c(CCc2ccc(F)cc2)nc(=O)c2sccc21. The van der Waals surface area contributed by atoms with Crippen LogP contribution < -0.4 is 5.56 Å². The minimum Gasteiger partial charge on any atom is -0.480 e. The lowest BCUT2D eigenvalue weighted by Crippen LogP contribution is -2.21. The molecule has 2 aromatic heterocycles. The minimum atomic E-state index is -0.994. The molecule has 7 heteroatoms. The van der Waals surface area contributed by atoms with Crippen molar-refractivity contribution in [1.82, 2.24) is 9.55 Å². The average Bonchev–Trinajstić information content (AvgIpc) is 3.00. The number of fused-ring (bicyclic) bond motifs is 1. The fourth-order valence-electron chi connectivity index (χ4n) is 2.45. The topological polar surface area (TPSA) is 72.2 Å². The van der Waals surface area contributed by atoms with Gasteiger partial charge in [0, 0.05) is 6.42 Å². The molecule has 0 aliphatic carbocycles. The zero-order valence-electron chi connectivity index (χ0n) is 12.0. The van der Waals surface area contributed by atoms with E-state index in [1.165, 1.54) is 23.5 Å². The summed E-state index contributed by atoms with van der Waals surface area (Å²) in [5.41, 5.74) is 1.14. The van der Waals surface area contributed by atoms with Gasteiger partial charge in [-0.1, -0.05) is 12.1 Å². The summed E-state index contributed by atoms with van der Waals surface area (Å²) in [5, 5.41) is 10.9. The molecule has 0 aliphatic rings. The zero-order valence-corrected chi connectivity index (χ0v) is 12.8. The predicted octanol–water partition coefficient (Wildman–Crippen LogP) is 2.47. The van der Waals surface area contributed by atoms with E-state index in [1.54, 1.807) is 28.1 Å². The number of nitrogens with zero attached hydrogens (tertiary/aromatic N) is 2. The first-order valence-corrected chi connectivity index (χ1v) is 7.86. The van der Waals surface area contributed by atoms with Gasteiger partial charge < -0.3 is 9.67 Å². The van der Waals surface area contributed by atoms with E-state index in [2.05, 4.69) is 4.98 Å². The Balaban J connectivity index is 1.96. The first kappa shape index (κ1) is 15.4. The van der Waals surface area contributed by atoms with Crippen LogP contribution in [0, 0.1) is 5.82 Å². The van der Waals surface area contributed by atoms with Crippen LogP contribution in [-0.2, 0) is 24.2 Å². The van der Waals surface area contributed by atoms with Gasteiger partial charge >= 0.3 is 5.97 Å². The van der Waals surface area contributed by atoms with Crippen molar-refractivity contribution in [2.24, 2.45) is 0 Å². The van der Waals surface area contributed by atoms with Gasteiger partial charge in [-0.2, -0.15) is 4.98 Å². The summed E-state index contributed by atoms with van der Waals surface area (Å²) in [7, 11) is 0. The number of aryl methyl sites for hydroxylation is 2. The van der Waals surface area contributed by atoms with Crippen LogP contribution in [0.15, 0.2) is 40.5 Å². The minimum absolute atomic E-state index is 0.251. The first-order valence-electron chi connectivity index (χ1n) is 6.98. The lowest BCUT2D eigenvalue weighted by Gasteiger charge is -2.12. The third-order valence-electron chi connectivity index (χ3n) is 3.52. The quantitative estimate of drug-likeness (QED) is 0.779. The highest BCUT2D eigenvalue weighted by Crippen LogP contribution is 2.18. The Morgan fingerprint density at radius 3 is 2.65 bits per heavy atom. The summed E-state index contributed by atoms with van der Waals surface area (Å²) < 4.78 is 14.9. The Labute approximate surface area is 134 Å². The summed E-state index contributed by atoms with van der Waals surface area (Å²) in [6.07, 6.45) is 0.946. The fourth-order valence-corrected chi connectivity index (χ4v) is 3.23. The summed E-state index contributed by atoms with van der Waals surface area (Å²) in [5.74, 6) is -0.882. The van der Waals surface area contributed by atoms with Crippen molar-refractivity contribution in [2.45, 2.75) is 19.4 Å². The normalized spacial score (nSPS) is 11.0. The van der Waals surface area contributed by atoms with E-state index < -0.39 is 5.97 Å². The lowest BCUT2D eigenvalue weighted by atomic mass is 10.1. The number of thiophene rings is 1. The first-order chi connectivity index (χ1) is 11.0. The van der Waals surface area contributed by atoms with Crippen LogP contribution in [0.5, 0.6) is 0 Å². The van der Waals surface area contributed by atoms with Crippen molar-refractivity contribution in [3.05, 3.63) is 63.3 Å². The molecule has 1 N–H and O–H groups in total. The molecule has 5 nitrogen and oxygen atoms in total. The van der Waals surface area contributed by atoms with Crippen molar-refractivity contribution in [3.8, 4) is 0 Å². The van der Waals surface area contributed by atoms with Crippen molar-refractivity contribution < 1.29 is 14.3 Å². The number of halogens is 1. The Hall–Kier alpha value is -2.54. The number of carbonyl (C=O) groups is 1. The largest absolute Gasteiger partial charge is 0.480 e. The lowest BCUT2D eigenvalue weighted by molar-refractivity contribution is -0.137. The van der Waals surface area contributed by atoms with Gasteiger partial charge in [0.15, 0.2) is 0 Å². The molecule has 0 atom stereocenters. The number of aromatic nitrogens is 2. The van der Waals surface area contributed by atoms with Crippen molar-refractivity contribution in [3.63, 3.8) is 0 Å². The smallest absolute Gasteiger partial charge is 0.323 e. The third-order valence-corrected chi connectivity index (χ3v) is 4.41. The molecule has 0 radical (unpaired) electrons. The van der Waals surface area contributed by atoms with Crippen LogP contribution in [-0.4, -0.2) is 20.6 Å². The van der Waals surface area contributed by atoms with Gasteiger partial charge in [-0.15, -0.1) is 11.3 Å². The van der Waals surface area contributed by atoms with Gasteiger partial charge in [-0.3, -0.25) is 9.59 Å². The molecule has 0 amide bonds. The molecule has 0 fully saturated rings. The van der Waals surface area contributed by atoms with Crippen molar-refractivity contribution >= 4 is 27.5 Å². The Morgan fingerprint density at radius 2 is 1.96 bits per heavy atom. The number of rotatable bonds is 5. The molecule has 0 saturated heterocycles. The molecule has 0 saturated carbocycles. The van der Waals surface area contributed by atoms with Gasteiger partial charge in [-0.25, -0.2) is 4.39 Å². The second kappa shape index (κ2) is 6.29. The van der Waals surface area contributed by atoms with Crippen LogP contribution >= 0.6 is 11.3 Å². The molecular formula is C16H13FN2O3S. The van der Waals surface area contributed by atoms with Crippen molar-refractivity contribution in [2.75, 3.05) is 0 Å². The molecule has 3 rings (SSSR count). The summed E-state index contributed by atoms with van der Waals surface area (Å²) in [6, 6.07) is 7.80. The standard InChI is InChI=1S/C16H13FN2O3S/c17-11-4-1-10(2-5-11)3-6-13-18-16(22)15-12(7-8-23-15)19(13)9-14(20)21/h1-2,4-5,7-8H,3,6,9H2,(H,20,21). The molecule has 2 heterocycles. The van der Waals surface area contributed by atoms with Crippen LogP contribution in [0.3, 0.4) is 0 Å². The van der Waals surface area contributed by atoms with Crippen LogP contribution in [0.4, 0.5) is 4.39 Å². The maximum absolute atomic E-state index is 12.9. The number of carboxylic acids is 1. The second-order valence-corrected chi connectivity index (χ2v) is 5.99. The zero-order chi connectivity index (χ0) is 16.4. The van der Waals surface area contributed by atoms with E-state index in [0.29, 0.717) is 28.9 Å². The highest BCUT2D eigenvalue weighted by molar-refractivity contribution is 7.17. The number of carboxylic acid groups (broad SMARTS) is 1. The Morgan fingerprint density at radius 1 is 1.22 bits per heavy atom. The van der Waals surface area contributed by atoms with Gasteiger partial charge in [-0.05, 0) is 35.6 Å². The fraction of sp³-hybridized carbons (Fsp3) is 0.188. The van der Waals surface area contributed by atoms with Gasteiger partial charge in [0.1, 0.15) is 22.9 Å². The maximum Gasteiger partial charge on any atom is 0.323 e. The third kappa shape index (κ3) is 3.29. The predicted molar refractivity (Wildman–Crippen MR) is 85.3 cm³/mol. The van der Waals surface area contributed by atoms with E-state index in [0.717, 1.165) is 5.56 Å². The van der Waals surface area contributed by atoms with Gasteiger partial charge in [0.25, 0.3) is 5.56 Å². The molecule has 23 heavy (non-hydrogen) atoms. The Kier molecular flexibility index (Phi) is 4.20. The number of hydrogen-bond acceptors (Lipinski definition) is 4. The summed E-state index contributed by atoms with van der Waals surface area (Å²) in [4.78, 5) is 27.2. The average molecular weight is 332 g/mol. The van der Waals surface area contributed by atoms with Crippen LogP contribution in [0.1, 0.15) is 11.4 Å². The molecule has 0 spiro atoms. The second-order valence-electron chi connectivity index (χ2n) is 5.07. The van der Waals surface area contributed by atoms with E-state index >= 15 is 0 Å². The van der Waals surface area contributed by atoms with E-state index in [1.807, 2.05) is 0 Å². The molecular weight excluding hydrogens is 319 g/mol. The molecule has 118 valence electrons. The van der Waals surface area contributed by atoms with E-state index in [9.17, 15) is 14.0 Å². The van der Waals surface area contributed by atoms with Gasteiger partial charge in [0.2, 0.25) is 0 Å². The molecule has 0 unspecified atom stereocenters. The van der Waals surface area contributed by atoms with Crippen LogP contribution in [0.2, 0.25) is 0 Å². The maximum atomic E-state index is 12.9. The Bertz CT molecular complexity index is 915. The molecule has 3 aromatic rings. The molecule has 1 aromatic carbocycles. The highest BCUT2D eigenvalue weighted by Gasteiger charge is 2.14. The summed E-state index contributed by atoms with van der Waals surface area (Å²) in [6.45, 7) is -0.251. The van der Waals surface area contributed by atoms with E-state index in [-0.39, 0.29) is 17.9 Å². The van der Waals surface area contributed by atoms with Crippen molar-refractivity contribution in [1.29, 1.82) is 0 Å². The number of aliphatic carboxylic acids is 1. The number of benzene rings is 1. The van der Waals surface area contributed by atoms with E-state index in [4.69, 9.17) is 5.11 Å². The molecule has 0 aliphatic heterocycles. The highest BCUT2D eigenvalue weighted by atomic mass is 32.1. The number of hydrogen-bond donors (Lipinski definition) is 1. The summed E-state index contributed by atoms with van der Waals surface area (Å²) >= 11 is 1.25. The van der Waals surface area contributed by atoms with Gasteiger partial charge in [0.05, 0.1) is 5.52 Å².